The van der Waals surface area contributed by atoms with E-state index in [0.29, 0.717) is 5.57 Å². The molecule has 0 radical (unpaired) electrons. The lowest BCUT2D eigenvalue weighted by Gasteiger charge is -2.07. The van der Waals surface area contributed by atoms with Gasteiger partial charge in [0.15, 0.2) is 0 Å². The van der Waals surface area contributed by atoms with Crippen molar-refractivity contribution in [1.29, 1.82) is 10.5 Å². The third-order valence-electron chi connectivity index (χ3n) is 3.24. The van der Waals surface area contributed by atoms with Gasteiger partial charge in [-0.25, -0.2) is 0 Å². The minimum atomic E-state index is 0.364. The van der Waals surface area contributed by atoms with E-state index in [1.165, 1.54) is 38.5 Å². The molecular weight excluding hydrogens is 220 g/mol. The molecule has 0 N–H and O–H groups in total. The van der Waals surface area contributed by atoms with E-state index in [4.69, 9.17) is 10.5 Å². The summed E-state index contributed by atoms with van der Waals surface area (Å²) in [4.78, 5) is 0. The zero-order chi connectivity index (χ0) is 13.6. The van der Waals surface area contributed by atoms with Crippen LogP contribution in [0.15, 0.2) is 11.1 Å². The number of nitriles is 2. The molecule has 0 aromatic rings. The minimum Gasteiger partial charge on any atom is -0.192 e. The first-order valence-corrected chi connectivity index (χ1v) is 7.32. The molecule has 0 amide bonds. The lowest BCUT2D eigenvalue weighted by atomic mass is 9.96. The van der Waals surface area contributed by atoms with Crippen LogP contribution in [-0.4, -0.2) is 0 Å². The molecule has 0 heterocycles. The Morgan fingerprint density at radius 2 is 1.17 bits per heavy atom. The van der Waals surface area contributed by atoms with Crippen LogP contribution in [0.4, 0.5) is 0 Å². The SMILES string of the molecule is CCCCCCC(CCCCCC)=C(C#N)C#N. The predicted octanol–water partition coefficient (Wildman–Crippen LogP) is 5.27. The largest absolute Gasteiger partial charge is 0.192 e. The van der Waals surface area contributed by atoms with E-state index in [2.05, 4.69) is 26.0 Å². The third-order valence-corrected chi connectivity index (χ3v) is 3.24. The fourth-order valence-electron chi connectivity index (χ4n) is 2.09. The fraction of sp³-hybridized carbons (Fsp3) is 0.750. The van der Waals surface area contributed by atoms with Gasteiger partial charge in [0, 0.05) is 0 Å². The van der Waals surface area contributed by atoms with Crippen LogP contribution in [0, 0.1) is 22.7 Å². The maximum absolute atomic E-state index is 8.97. The monoisotopic (exact) mass is 246 g/mol. The molecule has 0 spiro atoms. The van der Waals surface area contributed by atoms with Gasteiger partial charge in [-0.15, -0.1) is 0 Å². The van der Waals surface area contributed by atoms with Gasteiger partial charge in [-0.3, -0.25) is 0 Å². The van der Waals surface area contributed by atoms with Crippen molar-refractivity contribution in [2.24, 2.45) is 0 Å². The van der Waals surface area contributed by atoms with E-state index >= 15 is 0 Å². The van der Waals surface area contributed by atoms with Crippen molar-refractivity contribution in [3.05, 3.63) is 11.1 Å². The first-order valence-electron chi connectivity index (χ1n) is 7.32. The highest BCUT2D eigenvalue weighted by Gasteiger charge is 2.06. The molecule has 0 aromatic heterocycles. The highest BCUT2D eigenvalue weighted by atomic mass is 14.3. The van der Waals surface area contributed by atoms with Gasteiger partial charge in [0.05, 0.1) is 0 Å². The highest BCUT2D eigenvalue weighted by molar-refractivity contribution is 5.40. The van der Waals surface area contributed by atoms with E-state index in [1.807, 2.05) is 0 Å². The molecule has 2 heteroatoms. The van der Waals surface area contributed by atoms with E-state index < -0.39 is 0 Å². The molecule has 18 heavy (non-hydrogen) atoms. The molecule has 0 aliphatic carbocycles. The Labute approximate surface area is 112 Å². The third kappa shape index (κ3) is 7.91. The highest BCUT2D eigenvalue weighted by Crippen LogP contribution is 2.20. The summed E-state index contributed by atoms with van der Waals surface area (Å²) in [5, 5.41) is 17.9. The zero-order valence-electron chi connectivity index (χ0n) is 12.0. The summed E-state index contributed by atoms with van der Waals surface area (Å²) in [5.74, 6) is 0. The summed E-state index contributed by atoms with van der Waals surface area (Å²) >= 11 is 0. The van der Waals surface area contributed by atoms with E-state index in [-0.39, 0.29) is 0 Å². The van der Waals surface area contributed by atoms with Gasteiger partial charge in [0.25, 0.3) is 0 Å². The van der Waals surface area contributed by atoms with Crippen molar-refractivity contribution in [3.63, 3.8) is 0 Å². The van der Waals surface area contributed by atoms with Crippen LogP contribution in [0.1, 0.15) is 78.1 Å². The molecule has 0 atom stereocenters. The minimum absolute atomic E-state index is 0.364. The van der Waals surface area contributed by atoms with Gasteiger partial charge in [0.1, 0.15) is 17.7 Å². The maximum atomic E-state index is 8.97. The standard InChI is InChI=1S/C16H26N2/c1-3-5-7-9-11-15(16(13-17)14-18)12-10-8-6-4-2/h3-12H2,1-2H3. The molecule has 0 saturated heterocycles. The number of hydrogen-bond acceptors (Lipinski definition) is 2. The van der Waals surface area contributed by atoms with Gasteiger partial charge >= 0.3 is 0 Å². The number of allylic oxidation sites excluding steroid dienone is 2. The van der Waals surface area contributed by atoms with Crippen LogP contribution < -0.4 is 0 Å². The number of rotatable bonds is 10. The van der Waals surface area contributed by atoms with Crippen molar-refractivity contribution in [2.45, 2.75) is 78.1 Å². The molecule has 0 aliphatic heterocycles. The number of unbranched alkanes of at least 4 members (excludes halogenated alkanes) is 6. The van der Waals surface area contributed by atoms with Gasteiger partial charge in [0.2, 0.25) is 0 Å². The van der Waals surface area contributed by atoms with Crippen LogP contribution >= 0.6 is 0 Å². The molecule has 0 fully saturated rings. The average molecular weight is 246 g/mol. The lowest BCUT2D eigenvalue weighted by molar-refractivity contribution is 0.623. The first kappa shape index (κ1) is 16.7. The summed E-state index contributed by atoms with van der Waals surface area (Å²) in [6, 6.07) is 4.10. The number of hydrogen-bond donors (Lipinski definition) is 0. The van der Waals surface area contributed by atoms with Gasteiger partial charge in [-0.05, 0) is 31.3 Å². The molecule has 100 valence electrons. The average Bonchev–Trinajstić information content (AvgIpc) is 2.40. The van der Waals surface area contributed by atoms with E-state index in [1.54, 1.807) is 0 Å². The Bertz CT molecular complexity index is 285. The summed E-state index contributed by atoms with van der Waals surface area (Å²) in [7, 11) is 0. The van der Waals surface area contributed by atoms with Crippen LogP contribution in [0.5, 0.6) is 0 Å². The number of nitrogens with zero attached hydrogens (tertiary/aromatic N) is 2. The van der Waals surface area contributed by atoms with Gasteiger partial charge in [-0.1, -0.05) is 52.4 Å². The van der Waals surface area contributed by atoms with E-state index in [9.17, 15) is 0 Å². The molecule has 0 unspecified atom stereocenters. The second-order valence-electron chi connectivity index (χ2n) is 4.82. The smallest absolute Gasteiger partial charge is 0.128 e. The normalized spacial score (nSPS) is 9.56. The predicted molar refractivity (Wildman–Crippen MR) is 75.8 cm³/mol. The molecular formula is C16H26N2. The molecule has 0 rings (SSSR count). The summed E-state index contributed by atoms with van der Waals surface area (Å²) in [6.45, 7) is 4.38. The Balaban J connectivity index is 4.24. The first-order chi connectivity index (χ1) is 8.79. The van der Waals surface area contributed by atoms with Crippen LogP contribution in [0.2, 0.25) is 0 Å². The fourth-order valence-corrected chi connectivity index (χ4v) is 2.09. The van der Waals surface area contributed by atoms with Gasteiger partial charge in [-0.2, -0.15) is 10.5 Å². The molecule has 0 aliphatic rings. The Hall–Kier alpha value is -1.28. The molecule has 0 bridgehead atoms. The molecule has 0 aromatic carbocycles. The van der Waals surface area contributed by atoms with Crippen LogP contribution in [-0.2, 0) is 0 Å². The summed E-state index contributed by atoms with van der Waals surface area (Å²) in [6.07, 6.45) is 11.4. The van der Waals surface area contributed by atoms with E-state index in [0.717, 1.165) is 31.3 Å². The lowest BCUT2D eigenvalue weighted by Crippen LogP contribution is -1.92. The Morgan fingerprint density at radius 1 is 0.722 bits per heavy atom. The summed E-state index contributed by atoms with van der Waals surface area (Å²) < 4.78 is 0. The second-order valence-corrected chi connectivity index (χ2v) is 4.82. The Morgan fingerprint density at radius 3 is 1.50 bits per heavy atom. The quantitative estimate of drug-likeness (QED) is 0.389. The topological polar surface area (TPSA) is 47.6 Å². The Kier molecular flexibility index (Phi) is 11.3. The van der Waals surface area contributed by atoms with Gasteiger partial charge < -0.3 is 0 Å². The maximum Gasteiger partial charge on any atom is 0.128 e. The summed E-state index contributed by atoms with van der Waals surface area (Å²) in [5.41, 5.74) is 1.45. The van der Waals surface area contributed by atoms with Crippen molar-refractivity contribution < 1.29 is 0 Å². The van der Waals surface area contributed by atoms with Crippen LogP contribution in [0.25, 0.3) is 0 Å². The van der Waals surface area contributed by atoms with Crippen molar-refractivity contribution >= 4 is 0 Å². The second kappa shape index (κ2) is 12.2. The van der Waals surface area contributed by atoms with Crippen LogP contribution in [0.3, 0.4) is 0 Å². The molecule has 2 nitrogen and oxygen atoms in total. The molecule has 0 saturated carbocycles. The van der Waals surface area contributed by atoms with Crippen molar-refractivity contribution in [2.75, 3.05) is 0 Å². The zero-order valence-corrected chi connectivity index (χ0v) is 12.0. The van der Waals surface area contributed by atoms with Crippen molar-refractivity contribution in [1.82, 2.24) is 0 Å². The van der Waals surface area contributed by atoms with Crippen molar-refractivity contribution in [3.8, 4) is 12.1 Å².